The summed E-state index contributed by atoms with van der Waals surface area (Å²) in [7, 11) is 0. The van der Waals surface area contributed by atoms with Gasteiger partial charge in [-0.2, -0.15) is 0 Å². The van der Waals surface area contributed by atoms with E-state index in [4.69, 9.17) is 0 Å². The van der Waals surface area contributed by atoms with E-state index in [9.17, 15) is 18.9 Å². The minimum absolute atomic E-state index is 0.352. The van der Waals surface area contributed by atoms with Crippen molar-refractivity contribution in [1.82, 2.24) is 0 Å². The molecular formula is C16H13F2NO2. The Hall–Kier alpha value is -2.56. The zero-order valence-corrected chi connectivity index (χ0v) is 11.1. The smallest absolute Gasteiger partial charge is 0.214 e. The van der Waals surface area contributed by atoms with Crippen molar-refractivity contribution in [3.63, 3.8) is 0 Å². The first-order valence-corrected chi connectivity index (χ1v) is 6.35. The van der Waals surface area contributed by atoms with Crippen LogP contribution in [0.4, 0.5) is 8.78 Å². The van der Waals surface area contributed by atoms with Crippen molar-refractivity contribution >= 4 is 6.08 Å². The molecule has 2 aromatic carbocycles. The highest BCUT2D eigenvalue weighted by Crippen LogP contribution is 2.20. The van der Waals surface area contributed by atoms with Crippen molar-refractivity contribution in [1.29, 1.82) is 0 Å². The molecule has 5 heteroatoms. The Kier molecular flexibility index (Phi) is 4.77. The summed E-state index contributed by atoms with van der Waals surface area (Å²) in [6, 6.07) is 11.6. The molecule has 108 valence electrons. The molecule has 0 saturated carbocycles. The lowest BCUT2D eigenvalue weighted by Gasteiger charge is -2.08. The number of hydrogen-bond acceptors (Lipinski definition) is 2. The highest BCUT2D eigenvalue weighted by atomic mass is 19.1. The summed E-state index contributed by atoms with van der Waals surface area (Å²) in [5.41, 5.74) is 1.11. The minimum atomic E-state index is -0.570. The Morgan fingerprint density at radius 3 is 2.38 bits per heavy atom. The molecule has 2 rings (SSSR count). The highest BCUT2D eigenvalue weighted by molar-refractivity contribution is 5.50. The molecule has 0 radical (unpaired) electrons. The summed E-state index contributed by atoms with van der Waals surface area (Å²) in [6.45, 7) is -0.352. The SMILES string of the molecule is O=[N+]([O-])C[C@H](/C=C/c1cccc(F)c1)c1cccc(F)c1. The van der Waals surface area contributed by atoms with Crippen LogP contribution in [0.2, 0.25) is 0 Å². The first-order chi connectivity index (χ1) is 10.0. The van der Waals surface area contributed by atoms with Gasteiger partial charge in [-0.25, -0.2) is 8.78 Å². The average Bonchev–Trinajstić information content (AvgIpc) is 2.43. The van der Waals surface area contributed by atoms with Gasteiger partial charge in [0.25, 0.3) is 0 Å². The van der Waals surface area contributed by atoms with E-state index in [1.165, 1.54) is 30.3 Å². The van der Waals surface area contributed by atoms with Crippen molar-refractivity contribution in [3.8, 4) is 0 Å². The molecule has 0 heterocycles. The lowest BCUT2D eigenvalue weighted by Crippen LogP contribution is -2.10. The van der Waals surface area contributed by atoms with Gasteiger partial charge in [-0.15, -0.1) is 0 Å². The van der Waals surface area contributed by atoms with Crippen LogP contribution >= 0.6 is 0 Å². The van der Waals surface area contributed by atoms with Crippen LogP contribution in [0.1, 0.15) is 17.0 Å². The van der Waals surface area contributed by atoms with E-state index in [-0.39, 0.29) is 12.4 Å². The second-order valence-electron chi connectivity index (χ2n) is 4.59. The molecule has 0 aliphatic carbocycles. The number of hydrogen-bond donors (Lipinski definition) is 0. The molecule has 3 nitrogen and oxygen atoms in total. The van der Waals surface area contributed by atoms with Gasteiger partial charge >= 0.3 is 0 Å². The summed E-state index contributed by atoms with van der Waals surface area (Å²) in [6.07, 6.45) is 3.19. The summed E-state index contributed by atoms with van der Waals surface area (Å²) in [5.74, 6) is -1.40. The van der Waals surface area contributed by atoms with Crippen molar-refractivity contribution in [2.75, 3.05) is 6.54 Å². The van der Waals surface area contributed by atoms with Gasteiger partial charge in [0.15, 0.2) is 0 Å². The largest absolute Gasteiger partial charge is 0.265 e. The van der Waals surface area contributed by atoms with E-state index >= 15 is 0 Å². The zero-order chi connectivity index (χ0) is 15.2. The van der Waals surface area contributed by atoms with E-state index in [2.05, 4.69) is 0 Å². The number of rotatable bonds is 5. The predicted octanol–water partition coefficient (Wildman–Crippen LogP) is 4.04. The molecule has 0 bridgehead atoms. The van der Waals surface area contributed by atoms with Gasteiger partial charge in [-0.3, -0.25) is 10.1 Å². The monoisotopic (exact) mass is 289 g/mol. The van der Waals surface area contributed by atoms with Crippen LogP contribution in [0.15, 0.2) is 54.6 Å². The molecule has 0 N–H and O–H groups in total. The first-order valence-electron chi connectivity index (χ1n) is 6.35. The Labute approximate surface area is 120 Å². The zero-order valence-electron chi connectivity index (χ0n) is 11.1. The molecule has 0 amide bonds. The van der Waals surface area contributed by atoms with Gasteiger partial charge in [0.1, 0.15) is 11.6 Å². The number of halogens is 2. The Bertz CT molecular complexity index is 671. The second kappa shape index (κ2) is 6.74. The van der Waals surface area contributed by atoms with Crippen LogP contribution in [0.25, 0.3) is 6.08 Å². The molecule has 0 aliphatic heterocycles. The first kappa shape index (κ1) is 14.8. The molecule has 21 heavy (non-hydrogen) atoms. The summed E-state index contributed by atoms with van der Waals surface area (Å²) in [5, 5.41) is 10.8. The predicted molar refractivity (Wildman–Crippen MR) is 76.4 cm³/mol. The van der Waals surface area contributed by atoms with Crippen molar-refractivity contribution in [3.05, 3.63) is 87.5 Å². The molecule has 0 aliphatic rings. The van der Waals surface area contributed by atoms with Gasteiger partial charge in [-0.05, 0) is 35.4 Å². The molecule has 0 aromatic heterocycles. The summed E-state index contributed by atoms with van der Waals surface area (Å²) in [4.78, 5) is 10.3. The van der Waals surface area contributed by atoms with E-state index in [0.29, 0.717) is 11.1 Å². The minimum Gasteiger partial charge on any atom is -0.265 e. The maximum atomic E-state index is 13.2. The standard InChI is InChI=1S/C16H13F2NO2/c17-15-5-1-3-12(9-15)7-8-14(11-19(20)21)13-4-2-6-16(18)10-13/h1-10,14H,11H2/b8-7+/t14-/m0/s1. The quantitative estimate of drug-likeness (QED) is 0.616. The lowest BCUT2D eigenvalue weighted by molar-refractivity contribution is -0.481. The normalized spacial score (nSPS) is 12.5. The van der Waals surface area contributed by atoms with Gasteiger partial charge < -0.3 is 0 Å². The molecule has 2 aromatic rings. The van der Waals surface area contributed by atoms with E-state index in [0.717, 1.165) is 0 Å². The number of benzene rings is 2. The van der Waals surface area contributed by atoms with Gasteiger partial charge in [0.05, 0.1) is 5.92 Å². The molecule has 0 spiro atoms. The van der Waals surface area contributed by atoms with E-state index < -0.39 is 16.7 Å². The fraction of sp³-hybridized carbons (Fsp3) is 0.125. The van der Waals surface area contributed by atoms with Crippen LogP contribution < -0.4 is 0 Å². The van der Waals surface area contributed by atoms with Crippen molar-refractivity contribution < 1.29 is 13.7 Å². The summed E-state index contributed by atoms with van der Waals surface area (Å²) < 4.78 is 26.3. The van der Waals surface area contributed by atoms with Crippen LogP contribution in [-0.4, -0.2) is 11.5 Å². The molecule has 0 fully saturated rings. The van der Waals surface area contributed by atoms with E-state index in [1.54, 1.807) is 30.4 Å². The van der Waals surface area contributed by atoms with Crippen molar-refractivity contribution in [2.24, 2.45) is 0 Å². The number of nitrogens with zero attached hydrogens (tertiary/aromatic N) is 1. The maximum Gasteiger partial charge on any atom is 0.214 e. The molecule has 0 unspecified atom stereocenters. The fourth-order valence-corrected chi connectivity index (χ4v) is 2.01. The second-order valence-corrected chi connectivity index (χ2v) is 4.59. The summed E-state index contributed by atoms with van der Waals surface area (Å²) >= 11 is 0. The average molecular weight is 289 g/mol. The van der Waals surface area contributed by atoms with Crippen LogP contribution in [0.5, 0.6) is 0 Å². The maximum absolute atomic E-state index is 13.2. The van der Waals surface area contributed by atoms with Gasteiger partial charge in [-0.1, -0.05) is 36.4 Å². The Morgan fingerprint density at radius 1 is 1.10 bits per heavy atom. The van der Waals surface area contributed by atoms with Gasteiger partial charge in [0, 0.05) is 4.92 Å². The van der Waals surface area contributed by atoms with Crippen LogP contribution in [-0.2, 0) is 0 Å². The fourth-order valence-electron chi connectivity index (χ4n) is 2.01. The molecule has 0 saturated heterocycles. The van der Waals surface area contributed by atoms with Crippen molar-refractivity contribution in [2.45, 2.75) is 5.92 Å². The third-order valence-electron chi connectivity index (χ3n) is 2.99. The number of nitro groups is 1. The third-order valence-corrected chi connectivity index (χ3v) is 2.99. The molecule has 1 atom stereocenters. The highest BCUT2D eigenvalue weighted by Gasteiger charge is 2.15. The van der Waals surface area contributed by atoms with Gasteiger partial charge in [0.2, 0.25) is 6.54 Å². The molecular weight excluding hydrogens is 276 g/mol. The van der Waals surface area contributed by atoms with Crippen LogP contribution in [0.3, 0.4) is 0 Å². The topological polar surface area (TPSA) is 43.1 Å². The van der Waals surface area contributed by atoms with Crippen LogP contribution in [0, 0.1) is 21.7 Å². The Balaban J connectivity index is 2.26. The van der Waals surface area contributed by atoms with E-state index in [1.807, 2.05) is 0 Å². The Morgan fingerprint density at radius 2 is 1.76 bits per heavy atom. The third kappa shape index (κ3) is 4.49. The lowest BCUT2D eigenvalue weighted by atomic mass is 9.97.